The van der Waals surface area contributed by atoms with Crippen LogP contribution in [0.4, 0.5) is 5.69 Å². The van der Waals surface area contributed by atoms with E-state index in [2.05, 4.69) is 15.5 Å². The molecule has 0 aliphatic heterocycles. The van der Waals surface area contributed by atoms with Crippen molar-refractivity contribution in [3.63, 3.8) is 0 Å². The zero-order chi connectivity index (χ0) is 17.2. The number of hydrogen-bond acceptors (Lipinski definition) is 5. The van der Waals surface area contributed by atoms with Crippen LogP contribution in [0.25, 0.3) is 10.9 Å². The van der Waals surface area contributed by atoms with Crippen LogP contribution in [0, 0.1) is 4.91 Å². The fourth-order valence-electron chi connectivity index (χ4n) is 2.94. The van der Waals surface area contributed by atoms with Gasteiger partial charge in [-0.1, -0.05) is 53.7 Å². The van der Waals surface area contributed by atoms with Gasteiger partial charge in [0.1, 0.15) is 5.69 Å². The molecule has 2 heterocycles. The maximum absolute atomic E-state index is 11.1. The highest BCUT2D eigenvalue weighted by atomic mass is 16.3. The summed E-state index contributed by atoms with van der Waals surface area (Å²) in [7, 11) is 0. The molecule has 7 heteroatoms. The average Bonchev–Trinajstić information content (AvgIpc) is 3.19. The Labute approximate surface area is 143 Å². The van der Waals surface area contributed by atoms with Crippen molar-refractivity contribution >= 4 is 16.6 Å². The first-order valence-corrected chi connectivity index (χ1v) is 7.83. The highest BCUT2D eigenvalue weighted by Crippen LogP contribution is 2.38. The second kappa shape index (κ2) is 6.20. The number of hydrogen-bond donors (Lipinski definition) is 1. The molecular formula is C18H15N5O2. The van der Waals surface area contributed by atoms with E-state index >= 15 is 0 Å². The molecule has 0 atom stereocenters. The molecule has 25 heavy (non-hydrogen) atoms. The SMILES string of the molecule is O=Nc1c(O)n(Cc2cn(Cc3ccccc3)nn2)c2ccccc12. The van der Waals surface area contributed by atoms with E-state index in [9.17, 15) is 10.0 Å². The summed E-state index contributed by atoms with van der Waals surface area (Å²) < 4.78 is 3.36. The standard InChI is InChI=1S/C18H15N5O2/c24-18-17(20-25)15-8-4-5-9-16(15)23(18)12-14-11-22(21-19-14)10-13-6-2-1-3-7-13/h1-9,11,24H,10,12H2. The predicted molar refractivity (Wildman–Crippen MR) is 93.7 cm³/mol. The molecule has 0 bridgehead atoms. The minimum atomic E-state index is -0.159. The van der Waals surface area contributed by atoms with Crippen LogP contribution in [0.5, 0.6) is 5.88 Å². The maximum atomic E-state index is 11.1. The Hall–Kier alpha value is -3.48. The van der Waals surface area contributed by atoms with Crippen molar-refractivity contribution in [1.82, 2.24) is 19.6 Å². The monoisotopic (exact) mass is 333 g/mol. The zero-order valence-electron chi connectivity index (χ0n) is 13.3. The summed E-state index contributed by atoms with van der Waals surface area (Å²) in [4.78, 5) is 11.1. The molecule has 7 nitrogen and oxygen atoms in total. The molecule has 4 aromatic rings. The van der Waals surface area contributed by atoms with Gasteiger partial charge in [-0.15, -0.1) is 10.0 Å². The molecule has 0 fully saturated rings. The number of benzene rings is 2. The number of para-hydroxylation sites is 1. The molecular weight excluding hydrogens is 318 g/mol. The Morgan fingerprint density at radius 3 is 2.56 bits per heavy atom. The van der Waals surface area contributed by atoms with Crippen LogP contribution >= 0.6 is 0 Å². The van der Waals surface area contributed by atoms with Crippen molar-refractivity contribution in [1.29, 1.82) is 0 Å². The van der Waals surface area contributed by atoms with Gasteiger partial charge in [0.2, 0.25) is 5.88 Å². The summed E-state index contributed by atoms with van der Waals surface area (Å²) >= 11 is 0. The first-order valence-electron chi connectivity index (χ1n) is 7.83. The van der Waals surface area contributed by atoms with Crippen LogP contribution < -0.4 is 0 Å². The van der Waals surface area contributed by atoms with Crippen molar-refractivity contribution in [2.75, 3.05) is 0 Å². The third-order valence-electron chi connectivity index (χ3n) is 4.10. The molecule has 0 radical (unpaired) electrons. The first-order chi connectivity index (χ1) is 12.3. The van der Waals surface area contributed by atoms with Crippen molar-refractivity contribution in [2.45, 2.75) is 13.1 Å². The van der Waals surface area contributed by atoms with E-state index in [4.69, 9.17) is 0 Å². The summed E-state index contributed by atoms with van der Waals surface area (Å²) in [6.45, 7) is 0.921. The lowest BCUT2D eigenvalue weighted by Gasteiger charge is -2.04. The lowest BCUT2D eigenvalue weighted by atomic mass is 10.2. The quantitative estimate of drug-likeness (QED) is 0.567. The van der Waals surface area contributed by atoms with Gasteiger partial charge < -0.3 is 9.67 Å². The van der Waals surface area contributed by atoms with E-state index in [1.165, 1.54) is 0 Å². The maximum Gasteiger partial charge on any atom is 0.222 e. The zero-order valence-corrected chi connectivity index (χ0v) is 13.3. The van der Waals surface area contributed by atoms with E-state index in [0.29, 0.717) is 24.2 Å². The normalized spacial score (nSPS) is 11.0. The van der Waals surface area contributed by atoms with Crippen LogP contribution in [0.2, 0.25) is 0 Å². The number of nitroso groups, excluding NO2 is 1. The predicted octanol–water partition coefficient (Wildman–Crippen LogP) is 3.43. The minimum absolute atomic E-state index is 0.0484. The molecule has 0 spiro atoms. The Morgan fingerprint density at radius 2 is 1.76 bits per heavy atom. The van der Waals surface area contributed by atoms with Gasteiger partial charge in [0, 0.05) is 5.39 Å². The molecule has 0 amide bonds. The van der Waals surface area contributed by atoms with Gasteiger partial charge in [0.25, 0.3) is 0 Å². The molecule has 1 N–H and O–H groups in total. The number of rotatable bonds is 5. The summed E-state index contributed by atoms with van der Waals surface area (Å²) in [5.74, 6) is -0.159. The Balaban J connectivity index is 1.64. The van der Waals surface area contributed by atoms with Crippen molar-refractivity contribution in [3.8, 4) is 5.88 Å². The lowest BCUT2D eigenvalue weighted by Crippen LogP contribution is -2.00. The minimum Gasteiger partial charge on any atom is -0.493 e. The highest BCUT2D eigenvalue weighted by Gasteiger charge is 2.18. The van der Waals surface area contributed by atoms with Gasteiger partial charge in [0.15, 0.2) is 5.69 Å². The first kappa shape index (κ1) is 15.1. The lowest BCUT2D eigenvalue weighted by molar-refractivity contribution is 0.429. The van der Waals surface area contributed by atoms with Gasteiger partial charge in [0.05, 0.1) is 24.8 Å². The third kappa shape index (κ3) is 2.76. The highest BCUT2D eigenvalue weighted by molar-refractivity contribution is 5.95. The van der Waals surface area contributed by atoms with Gasteiger partial charge in [-0.05, 0) is 16.8 Å². The summed E-state index contributed by atoms with van der Waals surface area (Å²) in [5, 5.41) is 22.2. The van der Waals surface area contributed by atoms with Crippen LogP contribution in [0.15, 0.2) is 66.0 Å². The van der Waals surface area contributed by atoms with Crippen LogP contribution in [0.1, 0.15) is 11.3 Å². The molecule has 0 aliphatic rings. The molecule has 124 valence electrons. The average molecular weight is 333 g/mol. The molecule has 0 aliphatic carbocycles. The Kier molecular flexibility index (Phi) is 3.74. The largest absolute Gasteiger partial charge is 0.493 e. The molecule has 2 aromatic heterocycles. The summed E-state index contributed by atoms with van der Waals surface area (Å²) in [5.41, 5.74) is 2.59. The number of aromatic nitrogens is 4. The van der Waals surface area contributed by atoms with E-state index in [0.717, 1.165) is 11.1 Å². The molecule has 0 saturated carbocycles. The van der Waals surface area contributed by atoms with Crippen LogP contribution in [-0.4, -0.2) is 24.7 Å². The second-order valence-corrected chi connectivity index (χ2v) is 5.76. The topological polar surface area (TPSA) is 85.3 Å². The number of aromatic hydroxyl groups is 1. The van der Waals surface area contributed by atoms with Gasteiger partial charge in [-0.2, -0.15) is 0 Å². The van der Waals surface area contributed by atoms with Crippen molar-refractivity contribution in [3.05, 3.63) is 77.0 Å². The van der Waals surface area contributed by atoms with E-state index in [1.807, 2.05) is 48.7 Å². The van der Waals surface area contributed by atoms with Crippen molar-refractivity contribution in [2.24, 2.45) is 5.18 Å². The Bertz CT molecular complexity index is 1040. The molecule has 0 saturated heterocycles. The van der Waals surface area contributed by atoms with Crippen LogP contribution in [-0.2, 0) is 13.1 Å². The Morgan fingerprint density at radius 1 is 1.00 bits per heavy atom. The smallest absolute Gasteiger partial charge is 0.222 e. The summed E-state index contributed by atoms with van der Waals surface area (Å²) in [6, 6.07) is 17.2. The number of fused-ring (bicyclic) bond motifs is 1. The summed E-state index contributed by atoms with van der Waals surface area (Å²) in [6.07, 6.45) is 1.83. The third-order valence-corrected chi connectivity index (χ3v) is 4.10. The molecule has 0 unspecified atom stereocenters. The number of nitrogens with zero attached hydrogens (tertiary/aromatic N) is 5. The van der Waals surface area contributed by atoms with Crippen LogP contribution in [0.3, 0.4) is 0 Å². The van der Waals surface area contributed by atoms with Gasteiger partial charge >= 0.3 is 0 Å². The van der Waals surface area contributed by atoms with Gasteiger partial charge in [-0.25, -0.2) is 4.68 Å². The molecule has 2 aromatic carbocycles. The van der Waals surface area contributed by atoms with Crippen molar-refractivity contribution < 1.29 is 5.11 Å². The second-order valence-electron chi connectivity index (χ2n) is 5.76. The van der Waals surface area contributed by atoms with E-state index in [1.54, 1.807) is 21.4 Å². The van der Waals surface area contributed by atoms with E-state index in [-0.39, 0.29) is 11.6 Å². The van der Waals surface area contributed by atoms with E-state index < -0.39 is 0 Å². The fraction of sp³-hybridized carbons (Fsp3) is 0.111. The molecule has 4 rings (SSSR count). The fourth-order valence-corrected chi connectivity index (χ4v) is 2.94. The van der Waals surface area contributed by atoms with Gasteiger partial charge in [-0.3, -0.25) is 0 Å².